The Balaban J connectivity index is 2.26. The van der Waals surface area contributed by atoms with Crippen molar-refractivity contribution in [2.24, 2.45) is 0 Å². The van der Waals surface area contributed by atoms with Gasteiger partial charge in [0.15, 0.2) is 0 Å². The van der Waals surface area contributed by atoms with Gasteiger partial charge in [0.1, 0.15) is 13.2 Å². The normalized spacial score (nSPS) is 9.53. The summed E-state index contributed by atoms with van der Waals surface area (Å²) in [6, 6.07) is 7.47. The molecule has 0 unspecified atom stereocenters. The first kappa shape index (κ1) is 14.8. The van der Waals surface area contributed by atoms with Crippen LogP contribution in [-0.2, 0) is 20.7 Å². The summed E-state index contributed by atoms with van der Waals surface area (Å²) in [5.41, 5.74) is 1.85. The number of carbonyl (C=O) groups is 2. The Labute approximate surface area is 112 Å². The molecule has 1 N–H and O–H groups in total. The SMILES string of the molecule is C=CC(=O)OCCOC(=O)Nc1ccc(CC)cc1. The molecule has 0 aliphatic heterocycles. The monoisotopic (exact) mass is 263 g/mol. The summed E-state index contributed by atoms with van der Waals surface area (Å²) >= 11 is 0. The number of aryl methyl sites for hydroxylation is 1. The number of rotatable bonds is 6. The summed E-state index contributed by atoms with van der Waals surface area (Å²) in [4.78, 5) is 22.1. The van der Waals surface area contributed by atoms with E-state index in [9.17, 15) is 9.59 Å². The van der Waals surface area contributed by atoms with Crippen LogP contribution in [0.4, 0.5) is 10.5 Å². The Kier molecular flexibility index (Phi) is 6.15. The van der Waals surface area contributed by atoms with Gasteiger partial charge in [0, 0.05) is 11.8 Å². The molecule has 0 spiro atoms. The van der Waals surface area contributed by atoms with Gasteiger partial charge in [0.05, 0.1) is 0 Å². The number of nitrogens with one attached hydrogen (secondary N) is 1. The van der Waals surface area contributed by atoms with Gasteiger partial charge in [-0.1, -0.05) is 25.6 Å². The smallest absolute Gasteiger partial charge is 0.411 e. The number of hydrogen-bond donors (Lipinski definition) is 1. The van der Waals surface area contributed by atoms with Crippen molar-refractivity contribution >= 4 is 17.7 Å². The third-order valence-electron chi connectivity index (χ3n) is 2.34. The molecule has 1 rings (SSSR count). The second kappa shape index (κ2) is 7.92. The lowest BCUT2D eigenvalue weighted by Crippen LogP contribution is -2.17. The minimum absolute atomic E-state index is 0.00153. The van der Waals surface area contributed by atoms with Crippen molar-refractivity contribution in [1.29, 1.82) is 0 Å². The first-order chi connectivity index (χ1) is 9.15. The van der Waals surface area contributed by atoms with E-state index in [1.807, 2.05) is 12.1 Å². The minimum atomic E-state index is -0.584. The van der Waals surface area contributed by atoms with Crippen LogP contribution in [0, 0.1) is 0 Å². The van der Waals surface area contributed by atoms with E-state index in [-0.39, 0.29) is 13.2 Å². The fourth-order valence-corrected chi connectivity index (χ4v) is 1.31. The lowest BCUT2D eigenvalue weighted by atomic mass is 10.1. The highest BCUT2D eigenvalue weighted by Gasteiger charge is 2.03. The summed E-state index contributed by atoms with van der Waals surface area (Å²) in [5.74, 6) is -0.542. The first-order valence-corrected chi connectivity index (χ1v) is 5.97. The summed E-state index contributed by atoms with van der Waals surface area (Å²) in [6.45, 7) is 5.31. The Morgan fingerprint density at radius 1 is 1.21 bits per heavy atom. The summed E-state index contributed by atoms with van der Waals surface area (Å²) < 4.78 is 9.50. The average molecular weight is 263 g/mol. The van der Waals surface area contributed by atoms with Crippen LogP contribution in [0.25, 0.3) is 0 Å². The summed E-state index contributed by atoms with van der Waals surface area (Å²) in [6.07, 6.45) is 1.41. The van der Waals surface area contributed by atoms with Gasteiger partial charge in [0.2, 0.25) is 0 Å². The van der Waals surface area contributed by atoms with Crippen molar-refractivity contribution in [3.05, 3.63) is 42.5 Å². The summed E-state index contributed by atoms with van der Waals surface area (Å²) in [7, 11) is 0. The molecule has 0 fully saturated rings. The predicted molar refractivity (Wildman–Crippen MR) is 71.9 cm³/mol. The number of ether oxygens (including phenoxy) is 2. The first-order valence-electron chi connectivity index (χ1n) is 5.97. The molecule has 0 radical (unpaired) electrons. The third kappa shape index (κ3) is 5.72. The Morgan fingerprint density at radius 3 is 2.42 bits per heavy atom. The van der Waals surface area contributed by atoms with Crippen LogP contribution in [0.15, 0.2) is 36.9 Å². The molecule has 5 heteroatoms. The maximum Gasteiger partial charge on any atom is 0.411 e. The Bertz CT molecular complexity index is 439. The van der Waals surface area contributed by atoms with Crippen molar-refractivity contribution in [3.8, 4) is 0 Å². The van der Waals surface area contributed by atoms with Gasteiger partial charge >= 0.3 is 12.1 Å². The Hall–Kier alpha value is -2.30. The fourth-order valence-electron chi connectivity index (χ4n) is 1.31. The Morgan fingerprint density at radius 2 is 1.84 bits per heavy atom. The lowest BCUT2D eigenvalue weighted by Gasteiger charge is -2.07. The highest BCUT2D eigenvalue weighted by atomic mass is 16.6. The summed E-state index contributed by atoms with van der Waals surface area (Å²) in [5, 5.41) is 2.57. The number of benzene rings is 1. The van der Waals surface area contributed by atoms with Gasteiger partial charge in [-0.15, -0.1) is 0 Å². The minimum Gasteiger partial charge on any atom is -0.459 e. The van der Waals surface area contributed by atoms with Gasteiger partial charge < -0.3 is 9.47 Å². The molecule has 0 saturated heterocycles. The van der Waals surface area contributed by atoms with Crippen molar-refractivity contribution in [3.63, 3.8) is 0 Å². The predicted octanol–water partition coefficient (Wildman–Crippen LogP) is 2.53. The van der Waals surface area contributed by atoms with Crippen LogP contribution in [-0.4, -0.2) is 25.3 Å². The van der Waals surface area contributed by atoms with Crippen LogP contribution < -0.4 is 5.32 Å². The molecule has 0 heterocycles. The van der Waals surface area contributed by atoms with Gasteiger partial charge in [-0.2, -0.15) is 0 Å². The molecule has 19 heavy (non-hydrogen) atoms. The topological polar surface area (TPSA) is 64.6 Å². The number of hydrogen-bond acceptors (Lipinski definition) is 4. The molecular weight excluding hydrogens is 246 g/mol. The van der Waals surface area contributed by atoms with E-state index in [0.29, 0.717) is 5.69 Å². The van der Waals surface area contributed by atoms with Gasteiger partial charge in [0.25, 0.3) is 0 Å². The van der Waals surface area contributed by atoms with Crippen LogP contribution in [0.3, 0.4) is 0 Å². The molecule has 0 aliphatic carbocycles. The van der Waals surface area contributed by atoms with E-state index in [4.69, 9.17) is 4.74 Å². The highest BCUT2D eigenvalue weighted by molar-refractivity contribution is 5.84. The van der Waals surface area contributed by atoms with E-state index >= 15 is 0 Å². The van der Waals surface area contributed by atoms with Crippen molar-refractivity contribution < 1.29 is 19.1 Å². The maximum absolute atomic E-state index is 11.4. The average Bonchev–Trinajstić information content (AvgIpc) is 2.44. The zero-order valence-corrected chi connectivity index (χ0v) is 10.8. The number of esters is 1. The number of anilines is 1. The molecular formula is C14H17NO4. The zero-order valence-electron chi connectivity index (χ0n) is 10.8. The van der Waals surface area contributed by atoms with E-state index in [1.165, 1.54) is 5.56 Å². The maximum atomic E-state index is 11.4. The van der Waals surface area contributed by atoms with Crippen LogP contribution in [0.1, 0.15) is 12.5 Å². The molecule has 0 bridgehead atoms. The van der Waals surface area contributed by atoms with Gasteiger partial charge in [-0.3, -0.25) is 5.32 Å². The molecule has 0 saturated carbocycles. The third-order valence-corrected chi connectivity index (χ3v) is 2.34. The molecule has 1 aromatic carbocycles. The van der Waals surface area contributed by atoms with Crippen LogP contribution >= 0.6 is 0 Å². The number of carbonyl (C=O) groups excluding carboxylic acids is 2. The van der Waals surface area contributed by atoms with E-state index in [2.05, 4.69) is 23.6 Å². The molecule has 1 amide bonds. The molecule has 5 nitrogen and oxygen atoms in total. The second-order valence-corrected chi connectivity index (χ2v) is 3.68. The largest absolute Gasteiger partial charge is 0.459 e. The van der Waals surface area contributed by atoms with Crippen LogP contribution in [0.2, 0.25) is 0 Å². The van der Waals surface area contributed by atoms with Crippen LogP contribution in [0.5, 0.6) is 0 Å². The molecule has 0 atom stereocenters. The highest BCUT2D eigenvalue weighted by Crippen LogP contribution is 2.10. The van der Waals surface area contributed by atoms with Crippen molar-refractivity contribution in [1.82, 2.24) is 0 Å². The van der Waals surface area contributed by atoms with E-state index < -0.39 is 12.1 Å². The standard InChI is InChI=1S/C14H17NO4/c1-3-11-5-7-12(8-6-11)15-14(17)19-10-9-18-13(16)4-2/h4-8H,2-3,9-10H2,1H3,(H,15,17). The lowest BCUT2D eigenvalue weighted by molar-refractivity contribution is -0.138. The molecule has 0 aromatic heterocycles. The van der Waals surface area contributed by atoms with E-state index in [1.54, 1.807) is 12.1 Å². The second-order valence-electron chi connectivity index (χ2n) is 3.68. The fraction of sp³-hybridized carbons (Fsp3) is 0.286. The van der Waals surface area contributed by atoms with E-state index in [0.717, 1.165) is 12.5 Å². The quantitative estimate of drug-likeness (QED) is 0.486. The van der Waals surface area contributed by atoms with Crippen molar-refractivity contribution in [2.45, 2.75) is 13.3 Å². The van der Waals surface area contributed by atoms with Crippen molar-refractivity contribution in [2.75, 3.05) is 18.5 Å². The molecule has 0 aliphatic rings. The zero-order chi connectivity index (χ0) is 14.1. The van der Waals surface area contributed by atoms with Gasteiger partial charge in [-0.25, -0.2) is 9.59 Å². The molecule has 102 valence electrons. The molecule has 1 aromatic rings. The number of amides is 1. The van der Waals surface area contributed by atoms with Gasteiger partial charge in [-0.05, 0) is 24.1 Å².